The van der Waals surface area contributed by atoms with Crippen molar-refractivity contribution in [3.8, 4) is 0 Å². The zero-order valence-corrected chi connectivity index (χ0v) is 12.5. The number of nitro groups is 1. The summed E-state index contributed by atoms with van der Waals surface area (Å²) < 4.78 is 31.5. The van der Waals surface area contributed by atoms with Gasteiger partial charge in [0.1, 0.15) is 12.7 Å². The largest absolute Gasteiger partial charge is 0.445 e. The fourth-order valence-corrected chi connectivity index (χ4v) is 2.46. The molecule has 2 rings (SSSR count). The van der Waals surface area contributed by atoms with Crippen LogP contribution in [0.15, 0.2) is 24.3 Å². The van der Waals surface area contributed by atoms with Gasteiger partial charge in [-0.3, -0.25) is 14.3 Å². The number of hydrogen-bond donors (Lipinski definition) is 0. The summed E-state index contributed by atoms with van der Waals surface area (Å²) in [6, 6.07) is 5.64. The van der Waals surface area contributed by atoms with E-state index in [1.807, 2.05) is 0 Å². The van der Waals surface area contributed by atoms with Crippen LogP contribution in [0.25, 0.3) is 0 Å². The monoisotopic (exact) mass is 330 g/mol. The van der Waals surface area contributed by atoms with Crippen LogP contribution in [0, 0.1) is 10.1 Å². The van der Waals surface area contributed by atoms with Crippen LogP contribution in [-0.2, 0) is 25.6 Å². The highest BCUT2D eigenvalue weighted by Gasteiger charge is 2.34. The summed E-state index contributed by atoms with van der Waals surface area (Å²) in [5.41, 5.74) is 0.571. The highest BCUT2D eigenvalue weighted by Crippen LogP contribution is 2.16. The van der Waals surface area contributed by atoms with Gasteiger partial charge in [-0.25, -0.2) is 4.79 Å². The highest BCUT2D eigenvalue weighted by atomic mass is 32.2. The number of carbonyl (C=O) groups is 1. The molecule has 0 N–H and O–H groups in total. The molecule has 10 heteroatoms. The molecule has 0 radical (unpaired) electrons. The topological polar surface area (TPSA) is 116 Å². The number of nitro benzene ring substituents is 1. The molecule has 1 aromatic rings. The van der Waals surface area contributed by atoms with Gasteiger partial charge < -0.3 is 9.64 Å². The molecule has 1 saturated heterocycles. The van der Waals surface area contributed by atoms with Crippen LogP contribution in [0.5, 0.6) is 0 Å². The summed E-state index contributed by atoms with van der Waals surface area (Å²) in [5, 5.41) is 10.5. The summed E-state index contributed by atoms with van der Waals surface area (Å²) in [4.78, 5) is 23.0. The first kappa shape index (κ1) is 16.2. The maximum Gasteiger partial charge on any atom is 0.410 e. The molecule has 1 aliphatic rings. The van der Waals surface area contributed by atoms with E-state index in [9.17, 15) is 23.3 Å². The third kappa shape index (κ3) is 4.40. The van der Waals surface area contributed by atoms with Gasteiger partial charge in [0.2, 0.25) is 0 Å². The van der Waals surface area contributed by atoms with Crippen LogP contribution >= 0.6 is 0 Å². The third-order valence-corrected chi connectivity index (χ3v) is 3.55. The lowest BCUT2D eigenvalue weighted by molar-refractivity contribution is -0.384. The van der Waals surface area contributed by atoms with Gasteiger partial charge >= 0.3 is 6.09 Å². The Labute approximate surface area is 126 Å². The lowest BCUT2D eigenvalue weighted by atomic mass is 10.2. The number of benzene rings is 1. The Hall–Kier alpha value is -2.20. The van der Waals surface area contributed by atoms with E-state index < -0.39 is 27.2 Å². The molecule has 1 aromatic carbocycles. The van der Waals surface area contributed by atoms with E-state index in [0.29, 0.717) is 5.56 Å². The molecule has 1 fully saturated rings. The maximum absolute atomic E-state index is 11.7. The second kappa shape index (κ2) is 6.28. The van der Waals surface area contributed by atoms with Gasteiger partial charge in [-0.2, -0.15) is 8.42 Å². The second-order valence-electron chi connectivity index (χ2n) is 4.81. The first-order valence-electron chi connectivity index (χ1n) is 6.28. The average Bonchev–Trinajstić information content (AvgIpc) is 2.39. The summed E-state index contributed by atoms with van der Waals surface area (Å²) in [7, 11) is -3.53. The number of carbonyl (C=O) groups excluding carboxylic acids is 1. The number of non-ortho nitro benzene ring substituents is 1. The number of hydrogen-bond acceptors (Lipinski definition) is 7. The van der Waals surface area contributed by atoms with E-state index in [0.717, 1.165) is 6.26 Å². The molecule has 1 aliphatic heterocycles. The van der Waals surface area contributed by atoms with Crippen LogP contribution < -0.4 is 0 Å². The summed E-state index contributed by atoms with van der Waals surface area (Å²) in [6.45, 7) is 0.267. The van der Waals surface area contributed by atoms with Crippen molar-refractivity contribution < 1.29 is 27.1 Å². The second-order valence-corrected chi connectivity index (χ2v) is 6.41. The quantitative estimate of drug-likeness (QED) is 0.447. The van der Waals surface area contributed by atoms with Gasteiger partial charge in [0.15, 0.2) is 0 Å². The van der Waals surface area contributed by atoms with E-state index in [-0.39, 0.29) is 25.4 Å². The Morgan fingerprint density at radius 1 is 1.36 bits per heavy atom. The smallest absolute Gasteiger partial charge is 0.410 e. The Kier molecular flexibility index (Phi) is 4.62. The normalized spacial score (nSPS) is 15.2. The molecule has 0 aliphatic carbocycles. The van der Waals surface area contributed by atoms with Gasteiger partial charge in [-0.1, -0.05) is 0 Å². The molecule has 0 unspecified atom stereocenters. The predicted octanol–water partition coefficient (Wildman–Crippen LogP) is 0.892. The fourth-order valence-electron chi connectivity index (χ4n) is 1.85. The first-order chi connectivity index (χ1) is 10.2. The van der Waals surface area contributed by atoms with Crippen molar-refractivity contribution in [1.82, 2.24) is 4.90 Å². The van der Waals surface area contributed by atoms with E-state index in [1.165, 1.54) is 29.2 Å². The van der Waals surface area contributed by atoms with Crippen LogP contribution in [0.3, 0.4) is 0 Å². The van der Waals surface area contributed by atoms with Crippen molar-refractivity contribution >= 4 is 21.9 Å². The molecule has 1 amide bonds. The van der Waals surface area contributed by atoms with Gasteiger partial charge in [0, 0.05) is 12.1 Å². The molecule has 0 bridgehead atoms. The van der Waals surface area contributed by atoms with Gasteiger partial charge in [-0.15, -0.1) is 0 Å². The van der Waals surface area contributed by atoms with Crippen LogP contribution in [0.4, 0.5) is 10.5 Å². The zero-order valence-electron chi connectivity index (χ0n) is 11.7. The van der Waals surface area contributed by atoms with Crippen molar-refractivity contribution in [1.29, 1.82) is 0 Å². The molecule has 120 valence electrons. The Morgan fingerprint density at radius 3 is 2.45 bits per heavy atom. The highest BCUT2D eigenvalue weighted by molar-refractivity contribution is 7.86. The minimum atomic E-state index is -3.53. The molecule has 22 heavy (non-hydrogen) atoms. The van der Waals surface area contributed by atoms with E-state index in [2.05, 4.69) is 0 Å². The van der Waals surface area contributed by atoms with E-state index in [1.54, 1.807) is 0 Å². The molecule has 0 saturated carbocycles. The predicted molar refractivity (Wildman–Crippen MR) is 74.6 cm³/mol. The minimum absolute atomic E-state index is 0.0229. The number of likely N-dealkylation sites (tertiary alicyclic amines) is 1. The van der Waals surface area contributed by atoms with Crippen LogP contribution in [-0.4, -0.2) is 49.8 Å². The maximum atomic E-state index is 11.7. The number of rotatable bonds is 5. The Morgan fingerprint density at radius 2 is 1.95 bits per heavy atom. The SMILES string of the molecule is CS(=O)(=O)OC1CN(C(=O)OCc2ccc([N+](=O)[O-])cc2)C1. The summed E-state index contributed by atoms with van der Waals surface area (Å²) >= 11 is 0. The van der Waals surface area contributed by atoms with Crippen molar-refractivity contribution in [3.05, 3.63) is 39.9 Å². The van der Waals surface area contributed by atoms with Crippen LogP contribution in [0.1, 0.15) is 5.56 Å². The zero-order chi connectivity index (χ0) is 16.3. The number of ether oxygens (including phenoxy) is 1. The van der Waals surface area contributed by atoms with Crippen molar-refractivity contribution in [3.63, 3.8) is 0 Å². The van der Waals surface area contributed by atoms with Gasteiger partial charge in [0.05, 0.1) is 24.3 Å². The third-order valence-electron chi connectivity index (χ3n) is 2.93. The standard InChI is InChI=1S/C12H14N2O7S/c1-22(18,19)21-11-6-13(7-11)12(15)20-8-9-2-4-10(5-3-9)14(16)17/h2-5,11H,6-8H2,1H3. The number of amides is 1. The molecule has 0 atom stereocenters. The summed E-state index contributed by atoms with van der Waals surface area (Å²) in [5.74, 6) is 0. The van der Waals surface area contributed by atoms with Gasteiger partial charge in [-0.05, 0) is 17.7 Å². The lowest BCUT2D eigenvalue weighted by Gasteiger charge is -2.36. The van der Waals surface area contributed by atoms with Crippen molar-refractivity contribution in [2.24, 2.45) is 0 Å². The molecule has 0 aromatic heterocycles. The van der Waals surface area contributed by atoms with Crippen molar-refractivity contribution in [2.75, 3.05) is 19.3 Å². The number of nitrogens with zero attached hydrogens (tertiary/aromatic N) is 2. The van der Waals surface area contributed by atoms with Crippen molar-refractivity contribution in [2.45, 2.75) is 12.7 Å². The molecule has 1 heterocycles. The summed E-state index contributed by atoms with van der Waals surface area (Å²) in [6.07, 6.45) is -0.184. The van der Waals surface area contributed by atoms with E-state index >= 15 is 0 Å². The average molecular weight is 330 g/mol. The fraction of sp³-hybridized carbons (Fsp3) is 0.417. The molecular formula is C12H14N2O7S. The molecular weight excluding hydrogens is 316 g/mol. The van der Waals surface area contributed by atoms with Gasteiger partial charge in [0.25, 0.3) is 15.8 Å². The molecule has 9 nitrogen and oxygen atoms in total. The Balaban J connectivity index is 1.76. The lowest BCUT2D eigenvalue weighted by Crippen LogP contribution is -2.55. The Bertz CT molecular complexity index is 665. The minimum Gasteiger partial charge on any atom is -0.445 e. The first-order valence-corrected chi connectivity index (χ1v) is 8.09. The van der Waals surface area contributed by atoms with Crippen LogP contribution in [0.2, 0.25) is 0 Å². The molecule has 0 spiro atoms. The van der Waals surface area contributed by atoms with E-state index in [4.69, 9.17) is 8.92 Å².